The minimum Gasteiger partial charge on any atom is -0.298 e. The van der Waals surface area contributed by atoms with E-state index in [9.17, 15) is 0 Å². The predicted octanol–water partition coefficient (Wildman–Crippen LogP) is 6.93. The highest BCUT2D eigenvalue weighted by atomic mass is 14.7. The average Bonchev–Trinajstić information content (AvgIpc) is 2.42. The summed E-state index contributed by atoms with van der Waals surface area (Å²) in [4.78, 5) is 3.97. The molecule has 1 heteroatoms. The van der Waals surface area contributed by atoms with Gasteiger partial charge in [0.15, 0.2) is 0 Å². The molecule has 0 unspecified atom stereocenters. The van der Waals surface area contributed by atoms with E-state index in [-0.39, 0.29) is 0 Å². The van der Waals surface area contributed by atoms with Crippen molar-refractivity contribution >= 4 is 6.21 Å². The van der Waals surface area contributed by atoms with Crippen molar-refractivity contribution in [3.63, 3.8) is 0 Å². The van der Waals surface area contributed by atoms with Crippen LogP contribution in [0.15, 0.2) is 17.1 Å². The maximum Gasteiger partial charge on any atom is 0.0357 e. The van der Waals surface area contributed by atoms with E-state index >= 15 is 0 Å². The molecule has 0 fully saturated rings. The van der Waals surface area contributed by atoms with Crippen molar-refractivity contribution in [2.75, 3.05) is 6.54 Å². The number of hydrogen-bond acceptors (Lipinski definition) is 1. The summed E-state index contributed by atoms with van der Waals surface area (Å²) < 4.78 is 0. The van der Waals surface area contributed by atoms with Crippen molar-refractivity contribution in [1.29, 1.82) is 0 Å². The van der Waals surface area contributed by atoms with E-state index in [1.807, 2.05) is 47.8 Å². The molecule has 0 rings (SSSR count). The first-order chi connectivity index (χ1) is 8.60. The molecule has 0 aromatic carbocycles. The number of aliphatic imine (C=N–C) groups is 1. The van der Waals surface area contributed by atoms with Gasteiger partial charge in [0.05, 0.1) is 0 Å². The van der Waals surface area contributed by atoms with Crippen LogP contribution in [0.5, 0.6) is 0 Å². The van der Waals surface area contributed by atoms with Crippen LogP contribution in [0.2, 0.25) is 0 Å². The van der Waals surface area contributed by atoms with Crippen molar-refractivity contribution in [1.82, 2.24) is 0 Å². The number of hydrogen-bond donors (Lipinski definition) is 0. The zero-order chi connectivity index (χ0) is 15.8. The van der Waals surface area contributed by atoms with Gasteiger partial charge in [0, 0.05) is 6.54 Å². The Morgan fingerprint density at radius 2 is 1.22 bits per heavy atom. The maximum absolute atomic E-state index is 3.97. The van der Waals surface area contributed by atoms with Gasteiger partial charge in [-0.15, -0.1) is 6.58 Å². The molecule has 0 amide bonds. The average molecular weight is 260 g/mol. The van der Waals surface area contributed by atoms with Gasteiger partial charge in [0.25, 0.3) is 0 Å². The Bertz CT molecular complexity index is 109. The van der Waals surface area contributed by atoms with E-state index in [0.29, 0.717) is 0 Å². The van der Waals surface area contributed by atoms with Gasteiger partial charge in [-0.3, -0.25) is 4.99 Å². The molecular formula is C17H41N. The van der Waals surface area contributed by atoms with E-state index in [2.05, 4.69) is 39.3 Å². The molecule has 0 bridgehead atoms. The topological polar surface area (TPSA) is 12.4 Å². The fourth-order valence-corrected chi connectivity index (χ4v) is 0.258. The quantitative estimate of drug-likeness (QED) is 0.385. The summed E-state index contributed by atoms with van der Waals surface area (Å²) in [6.07, 6.45) is 5.36. The molecule has 0 N–H and O–H groups in total. The normalized spacial score (nSPS) is 7.22. The second-order valence-corrected chi connectivity index (χ2v) is 3.11. The summed E-state index contributed by atoms with van der Waals surface area (Å²) in [6, 6.07) is 0. The Morgan fingerprint density at radius 3 is 1.28 bits per heavy atom. The van der Waals surface area contributed by atoms with Gasteiger partial charge in [0.2, 0.25) is 0 Å². The first-order valence-electron chi connectivity index (χ1n) is 7.73. The second kappa shape index (κ2) is 55.1. The minimum absolute atomic E-state index is 0.924. The zero-order valence-electron chi connectivity index (χ0n) is 15.1. The summed E-state index contributed by atoms with van der Waals surface area (Å²) in [5, 5.41) is 0. The Morgan fingerprint density at radius 1 is 0.944 bits per heavy atom. The van der Waals surface area contributed by atoms with Gasteiger partial charge in [-0.05, 0) is 32.9 Å². The number of rotatable bonds is 3. The molecule has 0 aromatic rings. The Kier molecular flexibility index (Phi) is 93.2. The third-order valence-electron chi connectivity index (χ3n) is 1.10. The van der Waals surface area contributed by atoms with Gasteiger partial charge in [-0.25, -0.2) is 0 Å². The van der Waals surface area contributed by atoms with Crippen LogP contribution in [0.1, 0.15) is 88.5 Å². The highest BCUT2D eigenvalue weighted by Gasteiger charge is 1.67. The summed E-state index contributed by atoms with van der Waals surface area (Å²) in [5.74, 6) is 0. The van der Waals surface area contributed by atoms with Gasteiger partial charge in [0.1, 0.15) is 0 Å². The molecule has 0 saturated carbocycles. The van der Waals surface area contributed by atoms with Crippen molar-refractivity contribution in [3.8, 4) is 0 Å². The molecule has 0 aromatic heterocycles. The lowest BCUT2D eigenvalue weighted by Crippen LogP contribution is -1.68. The Labute approximate surface area is 119 Å². The summed E-state index contributed by atoms with van der Waals surface area (Å²) in [5.41, 5.74) is 1.25. The lowest BCUT2D eigenvalue weighted by molar-refractivity contribution is 1.09. The van der Waals surface area contributed by atoms with Crippen LogP contribution in [0.3, 0.4) is 0 Å². The van der Waals surface area contributed by atoms with E-state index in [4.69, 9.17) is 0 Å². The SMILES string of the molecule is C=C(C)CC.CC.CC.CCC.CCC=NCC. The number of nitrogens with zero attached hydrogens (tertiary/aromatic N) is 1. The Balaban J connectivity index is -0.0000000426. The standard InChI is InChI=1S/C5H11N.C5H10.C3H8.2C2H6/c1-3-5-6-4-2;1-4-5(2)3;1-3-2;2*1-2/h5H,3-4H2,1-2H3;2,4H2,1,3H3;3H2,1-2H3;2*1-2H3. The van der Waals surface area contributed by atoms with Crippen molar-refractivity contribution in [2.45, 2.75) is 88.5 Å². The van der Waals surface area contributed by atoms with Crippen LogP contribution in [0, 0.1) is 0 Å². The van der Waals surface area contributed by atoms with Crippen LogP contribution < -0.4 is 0 Å². The minimum atomic E-state index is 0.924. The van der Waals surface area contributed by atoms with Gasteiger partial charge < -0.3 is 0 Å². The third kappa shape index (κ3) is 165. The lowest BCUT2D eigenvalue weighted by Gasteiger charge is -1.79. The van der Waals surface area contributed by atoms with Crippen LogP contribution in [-0.4, -0.2) is 12.8 Å². The summed E-state index contributed by atoms with van der Waals surface area (Å²) in [6.45, 7) is 25.1. The molecule has 0 aliphatic heterocycles. The first-order valence-corrected chi connectivity index (χ1v) is 7.73. The first kappa shape index (κ1) is 30.4. The van der Waals surface area contributed by atoms with Crippen LogP contribution in [0.25, 0.3) is 0 Å². The van der Waals surface area contributed by atoms with E-state index in [1.165, 1.54) is 12.0 Å². The highest BCUT2D eigenvalue weighted by Crippen LogP contribution is 1.88. The third-order valence-corrected chi connectivity index (χ3v) is 1.10. The fraction of sp³-hybridized carbons (Fsp3) is 0.824. The lowest BCUT2D eigenvalue weighted by atomic mass is 10.3. The molecule has 114 valence electrons. The van der Waals surface area contributed by atoms with E-state index in [1.54, 1.807) is 0 Å². The Hall–Kier alpha value is -0.590. The predicted molar refractivity (Wildman–Crippen MR) is 93.1 cm³/mol. The van der Waals surface area contributed by atoms with Crippen LogP contribution in [-0.2, 0) is 0 Å². The molecule has 0 aliphatic rings. The van der Waals surface area contributed by atoms with Crippen molar-refractivity contribution < 1.29 is 0 Å². The second-order valence-electron chi connectivity index (χ2n) is 3.11. The molecule has 0 atom stereocenters. The zero-order valence-corrected chi connectivity index (χ0v) is 15.1. The largest absolute Gasteiger partial charge is 0.298 e. The molecule has 0 radical (unpaired) electrons. The number of allylic oxidation sites excluding steroid dienone is 1. The molecule has 1 nitrogen and oxygen atoms in total. The molecule has 0 aliphatic carbocycles. The van der Waals surface area contributed by atoms with E-state index < -0.39 is 0 Å². The molecule has 0 spiro atoms. The van der Waals surface area contributed by atoms with Gasteiger partial charge in [-0.2, -0.15) is 0 Å². The van der Waals surface area contributed by atoms with Crippen LogP contribution in [0.4, 0.5) is 0 Å². The van der Waals surface area contributed by atoms with Crippen molar-refractivity contribution in [2.24, 2.45) is 4.99 Å². The van der Waals surface area contributed by atoms with Crippen molar-refractivity contribution in [3.05, 3.63) is 12.2 Å². The van der Waals surface area contributed by atoms with E-state index in [0.717, 1.165) is 19.4 Å². The molecule has 0 saturated heterocycles. The summed E-state index contributed by atoms with van der Waals surface area (Å²) in [7, 11) is 0. The smallest absolute Gasteiger partial charge is 0.0357 e. The summed E-state index contributed by atoms with van der Waals surface area (Å²) >= 11 is 0. The van der Waals surface area contributed by atoms with Gasteiger partial charge in [-0.1, -0.05) is 67.4 Å². The maximum atomic E-state index is 3.97. The molecule has 18 heavy (non-hydrogen) atoms. The van der Waals surface area contributed by atoms with Crippen LogP contribution >= 0.6 is 0 Å². The fourth-order valence-electron chi connectivity index (χ4n) is 0.258. The monoisotopic (exact) mass is 259 g/mol. The molecular weight excluding hydrogens is 218 g/mol. The van der Waals surface area contributed by atoms with Gasteiger partial charge >= 0.3 is 0 Å². The highest BCUT2D eigenvalue weighted by molar-refractivity contribution is 5.56. The molecule has 0 heterocycles.